The minimum atomic E-state index is -3.16. The Bertz CT molecular complexity index is 662. The summed E-state index contributed by atoms with van der Waals surface area (Å²) in [5.41, 5.74) is 4.90. The Hall–Kier alpha value is -1.83. The van der Waals surface area contributed by atoms with Crippen LogP contribution in [0.3, 0.4) is 0 Å². The van der Waals surface area contributed by atoms with E-state index in [0.29, 0.717) is 29.9 Å². The summed E-state index contributed by atoms with van der Waals surface area (Å²) < 4.78 is 28.2. The van der Waals surface area contributed by atoms with Crippen molar-refractivity contribution in [1.82, 2.24) is 10.9 Å². The second kappa shape index (κ2) is 5.88. The highest BCUT2D eigenvalue weighted by Gasteiger charge is 2.30. The van der Waals surface area contributed by atoms with Crippen LogP contribution in [0.2, 0.25) is 0 Å². The van der Waals surface area contributed by atoms with E-state index in [-0.39, 0.29) is 11.5 Å². The smallest absolute Gasteiger partial charge is 0.273 e. The minimum absolute atomic E-state index is 0.122. The molecule has 1 aliphatic rings. The SMILES string of the molecule is Cc1cc(C(=O)NNC(=O)C2CCCS(=O)(=O)C2)c(C)o1. The third kappa shape index (κ3) is 3.84. The van der Waals surface area contributed by atoms with Crippen molar-refractivity contribution in [2.75, 3.05) is 11.5 Å². The molecule has 0 aliphatic carbocycles. The van der Waals surface area contributed by atoms with Crippen LogP contribution in [0.5, 0.6) is 0 Å². The highest BCUT2D eigenvalue weighted by Crippen LogP contribution is 2.18. The van der Waals surface area contributed by atoms with Crippen LogP contribution in [0.25, 0.3) is 0 Å². The first-order chi connectivity index (χ1) is 9.78. The number of hydrazine groups is 1. The zero-order valence-electron chi connectivity index (χ0n) is 11.9. The maximum absolute atomic E-state index is 11.9. The molecule has 7 nitrogen and oxygen atoms in total. The molecule has 2 rings (SSSR count). The topological polar surface area (TPSA) is 105 Å². The lowest BCUT2D eigenvalue weighted by molar-refractivity contribution is -0.125. The van der Waals surface area contributed by atoms with Crippen LogP contribution in [0, 0.1) is 19.8 Å². The largest absolute Gasteiger partial charge is 0.466 e. The number of hydrogen-bond donors (Lipinski definition) is 2. The van der Waals surface area contributed by atoms with E-state index in [1.807, 2.05) is 0 Å². The summed E-state index contributed by atoms with van der Waals surface area (Å²) >= 11 is 0. The molecular weight excluding hydrogens is 296 g/mol. The fourth-order valence-electron chi connectivity index (χ4n) is 2.37. The third-order valence-corrected chi connectivity index (χ3v) is 5.24. The summed E-state index contributed by atoms with van der Waals surface area (Å²) in [4.78, 5) is 23.8. The average molecular weight is 314 g/mol. The molecule has 2 heterocycles. The molecule has 116 valence electrons. The highest BCUT2D eigenvalue weighted by molar-refractivity contribution is 7.91. The lowest BCUT2D eigenvalue weighted by atomic mass is 10.1. The van der Waals surface area contributed by atoms with E-state index in [1.54, 1.807) is 19.9 Å². The Morgan fingerprint density at radius 2 is 2.00 bits per heavy atom. The first kappa shape index (κ1) is 15.6. The number of nitrogens with one attached hydrogen (secondary N) is 2. The van der Waals surface area contributed by atoms with Crippen LogP contribution in [0.4, 0.5) is 0 Å². The molecular formula is C13H18N2O5S. The molecule has 1 unspecified atom stereocenters. The van der Waals surface area contributed by atoms with Gasteiger partial charge in [0.1, 0.15) is 11.5 Å². The monoisotopic (exact) mass is 314 g/mol. The van der Waals surface area contributed by atoms with E-state index in [9.17, 15) is 18.0 Å². The van der Waals surface area contributed by atoms with Gasteiger partial charge < -0.3 is 4.42 Å². The molecule has 0 saturated carbocycles. The number of sulfone groups is 1. The van der Waals surface area contributed by atoms with E-state index < -0.39 is 27.6 Å². The summed E-state index contributed by atoms with van der Waals surface area (Å²) in [6.45, 7) is 3.37. The van der Waals surface area contributed by atoms with Crippen molar-refractivity contribution >= 4 is 21.7 Å². The van der Waals surface area contributed by atoms with Crippen LogP contribution in [-0.4, -0.2) is 31.7 Å². The normalized spacial score (nSPS) is 20.8. The maximum atomic E-state index is 11.9. The van der Waals surface area contributed by atoms with E-state index >= 15 is 0 Å². The van der Waals surface area contributed by atoms with Gasteiger partial charge in [-0.3, -0.25) is 20.4 Å². The fourth-order valence-corrected chi connectivity index (χ4v) is 4.08. The summed E-state index contributed by atoms with van der Waals surface area (Å²) in [6.07, 6.45) is 0.971. The van der Waals surface area contributed by atoms with Gasteiger partial charge in [0.05, 0.1) is 23.0 Å². The van der Waals surface area contributed by atoms with Gasteiger partial charge in [-0.15, -0.1) is 0 Å². The quantitative estimate of drug-likeness (QED) is 0.773. The first-order valence-electron chi connectivity index (χ1n) is 6.66. The molecule has 0 bridgehead atoms. The second-order valence-corrected chi connectivity index (χ2v) is 7.45. The van der Waals surface area contributed by atoms with Crippen molar-refractivity contribution in [2.24, 2.45) is 5.92 Å². The van der Waals surface area contributed by atoms with Crippen LogP contribution < -0.4 is 10.9 Å². The number of aryl methyl sites for hydroxylation is 2. The second-order valence-electron chi connectivity index (χ2n) is 5.22. The number of carbonyl (C=O) groups excluding carboxylic acids is 2. The summed E-state index contributed by atoms with van der Waals surface area (Å²) in [7, 11) is -3.16. The van der Waals surface area contributed by atoms with Crippen LogP contribution in [-0.2, 0) is 14.6 Å². The fraction of sp³-hybridized carbons (Fsp3) is 0.538. The summed E-state index contributed by atoms with van der Waals surface area (Å²) in [5.74, 6) is -0.575. The molecule has 1 saturated heterocycles. The Morgan fingerprint density at radius 3 is 2.57 bits per heavy atom. The van der Waals surface area contributed by atoms with Gasteiger partial charge in [-0.2, -0.15) is 0 Å². The molecule has 21 heavy (non-hydrogen) atoms. The van der Waals surface area contributed by atoms with Crippen molar-refractivity contribution < 1.29 is 22.4 Å². The van der Waals surface area contributed by atoms with E-state index in [1.165, 1.54) is 0 Å². The molecule has 1 atom stereocenters. The van der Waals surface area contributed by atoms with Crippen molar-refractivity contribution in [3.8, 4) is 0 Å². The predicted molar refractivity (Wildman–Crippen MR) is 75.2 cm³/mol. The number of carbonyl (C=O) groups is 2. The van der Waals surface area contributed by atoms with Crippen LogP contribution in [0.1, 0.15) is 34.7 Å². The van der Waals surface area contributed by atoms with Gasteiger partial charge in [-0.25, -0.2) is 8.42 Å². The van der Waals surface area contributed by atoms with Gasteiger partial charge >= 0.3 is 0 Å². The third-order valence-electron chi connectivity index (χ3n) is 3.42. The van der Waals surface area contributed by atoms with Gasteiger partial charge in [0, 0.05) is 0 Å². The van der Waals surface area contributed by atoms with Crippen LogP contribution in [0.15, 0.2) is 10.5 Å². The van der Waals surface area contributed by atoms with Crippen molar-refractivity contribution in [3.05, 3.63) is 23.2 Å². The molecule has 0 radical (unpaired) electrons. The molecule has 0 spiro atoms. The Labute approximate surface area is 123 Å². The number of rotatable bonds is 2. The van der Waals surface area contributed by atoms with Gasteiger partial charge in [-0.05, 0) is 32.8 Å². The standard InChI is InChI=1S/C13H18N2O5S/c1-8-6-11(9(2)20-8)13(17)15-14-12(16)10-4-3-5-21(18,19)7-10/h6,10H,3-5,7H2,1-2H3,(H,14,16)(H,15,17). The molecule has 0 aromatic carbocycles. The van der Waals surface area contributed by atoms with Crippen molar-refractivity contribution in [3.63, 3.8) is 0 Å². The van der Waals surface area contributed by atoms with E-state index in [0.717, 1.165) is 0 Å². The molecule has 1 fully saturated rings. The minimum Gasteiger partial charge on any atom is -0.466 e. The predicted octanol–water partition coefficient (Wildman–Crippen LogP) is 0.482. The van der Waals surface area contributed by atoms with Crippen molar-refractivity contribution in [1.29, 1.82) is 0 Å². The number of hydrogen-bond acceptors (Lipinski definition) is 5. The van der Waals surface area contributed by atoms with Gasteiger partial charge in [0.25, 0.3) is 5.91 Å². The highest BCUT2D eigenvalue weighted by atomic mass is 32.2. The lowest BCUT2D eigenvalue weighted by Crippen LogP contribution is -2.47. The van der Waals surface area contributed by atoms with E-state index in [4.69, 9.17) is 4.42 Å². The average Bonchev–Trinajstić information content (AvgIpc) is 2.73. The zero-order chi connectivity index (χ0) is 15.6. The van der Waals surface area contributed by atoms with Gasteiger partial charge in [-0.1, -0.05) is 0 Å². The van der Waals surface area contributed by atoms with Gasteiger partial charge in [0.15, 0.2) is 9.84 Å². The summed E-state index contributed by atoms with van der Waals surface area (Å²) in [5, 5.41) is 0. The number of amides is 2. The molecule has 1 aliphatic heterocycles. The molecule has 1 aromatic rings. The molecule has 2 N–H and O–H groups in total. The molecule has 2 amide bonds. The van der Waals surface area contributed by atoms with Crippen molar-refractivity contribution in [2.45, 2.75) is 26.7 Å². The lowest BCUT2D eigenvalue weighted by Gasteiger charge is -2.21. The molecule has 1 aromatic heterocycles. The Morgan fingerprint density at radius 1 is 1.29 bits per heavy atom. The van der Waals surface area contributed by atoms with Crippen LogP contribution >= 0.6 is 0 Å². The number of furan rings is 1. The maximum Gasteiger partial charge on any atom is 0.273 e. The van der Waals surface area contributed by atoms with Gasteiger partial charge in [0.2, 0.25) is 5.91 Å². The zero-order valence-corrected chi connectivity index (χ0v) is 12.7. The Kier molecular flexibility index (Phi) is 4.36. The summed E-state index contributed by atoms with van der Waals surface area (Å²) in [6, 6.07) is 1.57. The first-order valence-corrected chi connectivity index (χ1v) is 8.48. The molecule has 8 heteroatoms. The Balaban J connectivity index is 1.92. The van der Waals surface area contributed by atoms with E-state index in [2.05, 4.69) is 10.9 Å².